The van der Waals surface area contributed by atoms with E-state index in [1.165, 1.54) is 0 Å². The molecule has 0 radical (unpaired) electrons. The van der Waals surface area contributed by atoms with Gasteiger partial charge in [-0.3, -0.25) is 5.32 Å². The molecule has 1 aliphatic rings. The van der Waals surface area contributed by atoms with Crippen LogP contribution in [-0.2, 0) is 4.74 Å². The summed E-state index contributed by atoms with van der Waals surface area (Å²) >= 11 is 0. The number of hydrogen-bond acceptors (Lipinski definition) is 3. The van der Waals surface area contributed by atoms with E-state index < -0.39 is 0 Å². The fourth-order valence-electron chi connectivity index (χ4n) is 1.20. The number of piperidine rings is 1. The molecule has 1 aliphatic heterocycles. The molecule has 0 aliphatic carbocycles. The van der Waals surface area contributed by atoms with E-state index >= 15 is 0 Å². The Kier molecular flexibility index (Phi) is 3.12. The van der Waals surface area contributed by atoms with Gasteiger partial charge in [0.05, 0.1) is 0 Å². The fourth-order valence-corrected chi connectivity index (χ4v) is 1.20. The van der Waals surface area contributed by atoms with E-state index in [0.717, 1.165) is 26.0 Å². The van der Waals surface area contributed by atoms with Crippen molar-refractivity contribution in [3.8, 4) is 0 Å². The molecule has 0 aromatic rings. The molecule has 0 saturated carbocycles. The second-order valence-electron chi connectivity index (χ2n) is 2.69. The quantitative estimate of drug-likeness (QED) is 0.576. The molecule has 1 heterocycles. The minimum atomic E-state index is 0.254. The van der Waals surface area contributed by atoms with Gasteiger partial charge in [-0.15, -0.1) is 0 Å². The summed E-state index contributed by atoms with van der Waals surface area (Å²) in [5.41, 5.74) is 5.68. The number of rotatable bonds is 2. The molecule has 10 heavy (non-hydrogen) atoms. The molecule has 0 spiro atoms. The summed E-state index contributed by atoms with van der Waals surface area (Å²) in [6, 6.07) is 0.330. The van der Waals surface area contributed by atoms with Gasteiger partial charge in [0.15, 0.2) is 0 Å². The fraction of sp³-hybridized carbons (Fsp3) is 1.00. The average Bonchev–Trinajstić information content (AvgIpc) is 1.95. The van der Waals surface area contributed by atoms with Crippen molar-refractivity contribution in [3.63, 3.8) is 0 Å². The van der Waals surface area contributed by atoms with E-state index in [0.29, 0.717) is 6.04 Å². The van der Waals surface area contributed by atoms with Crippen molar-refractivity contribution in [2.45, 2.75) is 32.0 Å². The third-order valence-corrected chi connectivity index (χ3v) is 1.78. The van der Waals surface area contributed by atoms with Crippen LogP contribution in [0.1, 0.15) is 19.8 Å². The van der Waals surface area contributed by atoms with Crippen LogP contribution in [0.4, 0.5) is 0 Å². The second kappa shape index (κ2) is 3.91. The molecule has 3 heteroatoms. The smallest absolute Gasteiger partial charge is 0.108 e. The minimum Gasteiger partial charge on any atom is -0.364 e. The molecule has 0 bridgehead atoms. The zero-order valence-corrected chi connectivity index (χ0v) is 6.47. The topological polar surface area (TPSA) is 47.3 Å². The summed E-state index contributed by atoms with van der Waals surface area (Å²) in [6.45, 7) is 3.69. The van der Waals surface area contributed by atoms with Crippen LogP contribution in [0.15, 0.2) is 0 Å². The largest absolute Gasteiger partial charge is 0.364 e. The first-order valence-electron chi connectivity index (χ1n) is 3.93. The predicted octanol–water partition coefficient (Wildman–Crippen LogP) is 0.0597. The highest BCUT2D eigenvalue weighted by Gasteiger charge is 2.16. The molecular formula is C7H16N2O. The van der Waals surface area contributed by atoms with E-state index in [1.807, 2.05) is 6.92 Å². The lowest BCUT2D eigenvalue weighted by Crippen LogP contribution is -2.46. The highest BCUT2D eigenvalue weighted by atomic mass is 16.5. The minimum absolute atomic E-state index is 0.254. The van der Waals surface area contributed by atoms with Crippen molar-refractivity contribution in [1.29, 1.82) is 0 Å². The van der Waals surface area contributed by atoms with Gasteiger partial charge in [-0.05, 0) is 19.8 Å². The number of nitrogens with two attached hydrogens (primary N) is 1. The van der Waals surface area contributed by atoms with E-state index in [1.54, 1.807) is 0 Å². The molecule has 0 aromatic heterocycles. The Morgan fingerprint density at radius 2 is 2.40 bits per heavy atom. The highest BCUT2D eigenvalue weighted by molar-refractivity contribution is 4.74. The van der Waals surface area contributed by atoms with Crippen LogP contribution in [0, 0.1) is 0 Å². The van der Waals surface area contributed by atoms with Gasteiger partial charge in [0, 0.05) is 19.2 Å². The molecule has 1 saturated heterocycles. The van der Waals surface area contributed by atoms with Gasteiger partial charge in [-0.1, -0.05) is 0 Å². The van der Waals surface area contributed by atoms with E-state index in [-0.39, 0.29) is 6.23 Å². The molecule has 1 rings (SSSR count). The van der Waals surface area contributed by atoms with Crippen LogP contribution in [0.3, 0.4) is 0 Å². The summed E-state index contributed by atoms with van der Waals surface area (Å²) in [4.78, 5) is 0. The van der Waals surface area contributed by atoms with Crippen LogP contribution < -0.4 is 11.1 Å². The van der Waals surface area contributed by atoms with Crippen molar-refractivity contribution in [1.82, 2.24) is 5.32 Å². The normalized spacial score (nSPS) is 34.2. The maximum atomic E-state index is 5.68. The summed E-state index contributed by atoms with van der Waals surface area (Å²) in [5, 5.41) is 3.22. The molecule has 3 N–H and O–H groups in total. The molecule has 2 atom stereocenters. The van der Waals surface area contributed by atoms with Gasteiger partial charge in [-0.2, -0.15) is 0 Å². The molecule has 3 nitrogen and oxygen atoms in total. The molecule has 0 amide bonds. The van der Waals surface area contributed by atoms with Crippen LogP contribution in [0.25, 0.3) is 0 Å². The lowest BCUT2D eigenvalue weighted by Gasteiger charge is -2.27. The SMILES string of the molecule is CCOC1CCC(N)CN1. The summed E-state index contributed by atoms with van der Waals surface area (Å²) in [6.07, 6.45) is 2.39. The Bertz CT molecular complexity index is 89.6. The van der Waals surface area contributed by atoms with Gasteiger partial charge in [0.2, 0.25) is 0 Å². The van der Waals surface area contributed by atoms with Crippen molar-refractivity contribution in [2.24, 2.45) is 5.73 Å². The first-order chi connectivity index (χ1) is 4.83. The zero-order valence-electron chi connectivity index (χ0n) is 6.47. The van der Waals surface area contributed by atoms with E-state index in [4.69, 9.17) is 10.5 Å². The van der Waals surface area contributed by atoms with Gasteiger partial charge in [0.1, 0.15) is 6.23 Å². The maximum absolute atomic E-state index is 5.68. The third kappa shape index (κ3) is 2.25. The van der Waals surface area contributed by atoms with Crippen molar-refractivity contribution < 1.29 is 4.74 Å². The molecule has 1 fully saturated rings. The number of hydrogen-bond donors (Lipinski definition) is 2. The number of ether oxygens (including phenoxy) is 1. The molecular weight excluding hydrogens is 128 g/mol. The van der Waals surface area contributed by atoms with Crippen LogP contribution in [0.2, 0.25) is 0 Å². The lowest BCUT2D eigenvalue weighted by atomic mass is 10.1. The first kappa shape index (κ1) is 7.98. The van der Waals surface area contributed by atoms with E-state index in [9.17, 15) is 0 Å². The summed E-state index contributed by atoms with van der Waals surface area (Å²) < 4.78 is 5.36. The van der Waals surface area contributed by atoms with Crippen LogP contribution in [-0.4, -0.2) is 25.4 Å². The third-order valence-electron chi connectivity index (χ3n) is 1.78. The van der Waals surface area contributed by atoms with E-state index in [2.05, 4.69) is 5.32 Å². The summed E-state index contributed by atoms with van der Waals surface area (Å²) in [5.74, 6) is 0. The van der Waals surface area contributed by atoms with Gasteiger partial charge in [-0.25, -0.2) is 0 Å². The Balaban J connectivity index is 2.13. The van der Waals surface area contributed by atoms with Crippen LogP contribution >= 0.6 is 0 Å². The molecule has 0 aromatic carbocycles. The zero-order chi connectivity index (χ0) is 7.40. The average molecular weight is 144 g/mol. The van der Waals surface area contributed by atoms with Gasteiger partial charge in [0.25, 0.3) is 0 Å². The first-order valence-corrected chi connectivity index (χ1v) is 3.93. The molecule has 2 unspecified atom stereocenters. The number of nitrogens with one attached hydrogen (secondary N) is 1. The predicted molar refractivity (Wildman–Crippen MR) is 40.6 cm³/mol. The lowest BCUT2D eigenvalue weighted by molar-refractivity contribution is 0.0169. The van der Waals surface area contributed by atoms with Crippen molar-refractivity contribution in [3.05, 3.63) is 0 Å². The Hall–Kier alpha value is -0.120. The van der Waals surface area contributed by atoms with Crippen LogP contribution in [0.5, 0.6) is 0 Å². The van der Waals surface area contributed by atoms with Gasteiger partial charge >= 0.3 is 0 Å². The Morgan fingerprint density at radius 1 is 1.60 bits per heavy atom. The standard InChI is InChI=1S/C7H16N2O/c1-2-10-7-4-3-6(8)5-9-7/h6-7,9H,2-5,8H2,1H3. The summed E-state index contributed by atoms with van der Waals surface area (Å²) in [7, 11) is 0. The van der Waals surface area contributed by atoms with Crippen molar-refractivity contribution in [2.75, 3.05) is 13.2 Å². The maximum Gasteiger partial charge on any atom is 0.108 e. The van der Waals surface area contributed by atoms with Crippen molar-refractivity contribution >= 4 is 0 Å². The van der Waals surface area contributed by atoms with Gasteiger partial charge < -0.3 is 10.5 Å². The monoisotopic (exact) mass is 144 g/mol. The molecule has 60 valence electrons. The Morgan fingerprint density at radius 3 is 2.90 bits per heavy atom. The Labute approximate surface area is 61.9 Å². The highest BCUT2D eigenvalue weighted by Crippen LogP contribution is 2.06. The second-order valence-corrected chi connectivity index (χ2v) is 2.69.